The van der Waals surface area contributed by atoms with Gasteiger partial charge in [0.15, 0.2) is 5.84 Å². The van der Waals surface area contributed by atoms with E-state index in [9.17, 15) is 9.59 Å². The summed E-state index contributed by atoms with van der Waals surface area (Å²) >= 11 is 0. The molecule has 0 heterocycles. The first-order chi connectivity index (χ1) is 12.4. The summed E-state index contributed by atoms with van der Waals surface area (Å²) in [5.41, 5.74) is 1.73. The number of nitrogens with two attached hydrogens (primary N) is 1. The Balaban J connectivity index is 2.02. The molecular weight excluding hydrogens is 338 g/mol. The van der Waals surface area contributed by atoms with Crippen LogP contribution in [0, 0.1) is 12.3 Å². The maximum absolute atomic E-state index is 12.3. The van der Waals surface area contributed by atoms with Crippen LogP contribution in [0.5, 0.6) is 5.75 Å². The number of nitrogens with zero attached hydrogens (tertiary/aromatic N) is 2. The van der Waals surface area contributed by atoms with Gasteiger partial charge in [0.25, 0.3) is 5.91 Å². The fraction of sp³-hybridized carbons (Fsp3) is 0.118. The van der Waals surface area contributed by atoms with E-state index in [-0.39, 0.29) is 23.9 Å². The Labute approximate surface area is 149 Å². The van der Waals surface area contributed by atoms with Gasteiger partial charge in [0.1, 0.15) is 12.4 Å². The zero-order chi connectivity index (χ0) is 19.1. The molecule has 0 unspecified atom stereocenters. The number of nitrogens with one attached hydrogen (secondary N) is 2. The van der Waals surface area contributed by atoms with Crippen LogP contribution in [0.25, 0.3) is 0 Å². The van der Waals surface area contributed by atoms with Gasteiger partial charge in [-0.2, -0.15) is 0 Å². The summed E-state index contributed by atoms with van der Waals surface area (Å²) in [6, 6.07) is 10.8. The molecule has 0 spiro atoms. The highest BCUT2D eigenvalue weighted by Crippen LogP contribution is 2.19. The molecule has 2 aromatic rings. The van der Waals surface area contributed by atoms with Gasteiger partial charge >= 0.3 is 5.97 Å². The second kappa shape index (κ2) is 8.38. The lowest BCUT2D eigenvalue weighted by Gasteiger charge is -2.10. The van der Waals surface area contributed by atoms with Crippen LogP contribution < -0.4 is 15.9 Å². The Bertz CT molecular complexity index is 862. The SMILES string of the molecule is Cc1cc(C(=O)O)ccc1NC(=O)c1ccc(OCC(=N)N=NN)cc1. The maximum Gasteiger partial charge on any atom is 0.335 e. The summed E-state index contributed by atoms with van der Waals surface area (Å²) in [5.74, 6) is 3.80. The zero-order valence-corrected chi connectivity index (χ0v) is 13.9. The molecule has 26 heavy (non-hydrogen) atoms. The number of amidine groups is 1. The van der Waals surface area contributed by atoms with Gasteiger partial charge in [0.2, 0.25) is 0 Å². The Kier molecular flexibility index (Phi) is 5.99. The van der Waals surface area contributed by atoms with E-state index in [0.717, 1.165) is 0 Å². The first-order valence-electron chi connectivity index (χ1n) is 7.47. The predicted molar refractivity (Wildman–Crippen MR) is 94.8 cm³/mol. The molecule has 0 aliphatic rings. The second-order valence-electron chi connectivity index (χ2n) is 5.26. The highest BCUT2D eigenvalue weighted by atomic mass is 16.5. The van der Waals surface area contributed by atoms with Crippen molar-refractivity contribution in [3.8, 4) is 5.75 Å². The number of aromatic carboxylic acids is 1. The lowest BCUT2D eigenvalue weighted by Crippen LogP contribution is -2.13. The lowest BCUT2D eigenvalue weighted by molar-refractivity contribution is 0.0696. The van der Waals surface area contributed by atoms with Crippen LogP contribution >= 0.6 is 0 Å². The number of ether oxygens (including phenoxy) is 1. The second-order valence-corrected chi connectivity index (χ2v) is 5.26. The van der Waals surface area contributed by atoms with Crippen molar-refractivity contribution >= 4 is 23.4 Å². The van der Waals surface area contributed by atoms with E-state index in [4.69, 9.17) is 21.1 Å². The fourth-order valence-corrected chi connectivity index (χ4v) is 2.08. The van der Waals surface area contributed by atoms with Gasteiger partial charge in [-0.3, -0.25) is 10.2 Å². The van der Waals surface area contributed by atoms with Crippen molar-refractivity contribution in [2.75, 3.05) is 11.9 Å². The van der Waals surface area contributed by atoms with Crippen molar-refractivity contribution in [3.05, 3.63) is 59.2 Å². The summed E-state index contributed by atoms with van der Waals surface area (Å²) < 4.78 is 5.31. The number of carbonyl (C=O) groups is 2. The Morgan fingerprint density at radius 3 is 2.42 bits per heavy atom. The molecular formula is C17H17N5O4. The topological polar surface area (TPSA) is 150 Å². The van der Waals surface area contributed by atoms with E-state index < -0.39 is 5.97 Å². The normalized spacial score (nSPS) is 10.5. The van der Waals surface area contributed by atoms with Crippen LogP contribution in [0.2, 0.25) is 0 Å². The predicted octanol–water partition coefficient (Wildman–Crippen LogP) is 2.63. The van der Waals surface area contributed by atoms with Crippen molar-refractivity contribution in [1.29, 1.82) is 5.41 Å². The molecule has 134 valence electrons. The molecule has 9 heteroatoms. The van der Waals surface area contributed by atoms with E-state index in [2.05, 4.69) is 15.7 Å². The van der Waals surface area contributed by atoms with Gasteiger partial charge in [-0.25, -0.2) is 4.79 Å². The number of carboxylic acid groups (broad SMARTS) is 1. The first kappa shape index (κ1) is 18.6. The van der Waals surface area contributed by atoms with Crippen molar-refractivity contribution in [1.82, 2.24) is 0 Å². The summed E-state index contributed by atoms with van der Waals surface area (Å²) in [7, 11) is 0. The van der Waals surface area contributed by atoms with E-state index in [0.29, 0.717) is 22.6 Å². The summed E-state index contributed by atoms with van der Waals surface area (Å²) in [6.45, 7) is 1.62. The van der Waals surface area contributed by atoms with E-state index in [1.807, 2.05) is 0 Å². The Hall–Kier alpha value is -3.75. The van der Waals surface area contributed by atoms with Gasteiger partial charge in [-0.1, -0.05) is 5.22 Å². The van der Waals surface area contributed by atoms with Crippen LogP contribution in [-0.4, -0.2) is 29.4 Å². The van der Waals surface area contributed by atoms with Crippen LogP contribution in [-0.2, 0) is 0 Å². The van der Waals surface area contributed by atoms with Gasteiger partial charge in [-0.05, 0) is 55.0 Å². The van der Waals surface area contributed by atoms with Gasteiger partial charge in [0, 0.05) is 11.3 Å². The standard InChI is InChI=1S/C17H17N5O4/c1-10-8-12(17(24)25)4-7-14(10)20-16(23)11-2-5-13(6-3-11)26-9-15(18)21-22-19/h2-8H,9H2,1H3,(H,20,23)(H,24,25)(H3,18,19,21). The Morgan fingerprint density at radius 2 is 1.85 bits per heavy atom. The minimum Gasteiger partial charge on any atom is -0.486 e. The monoisotopic (exact) mass is 355 g/mol. The third-order valence-electron chi connectivity index (χ3n) is 3.39. The zero-order valence-electron chi connectivity index (χ0n) is 13.9. The first-order valence-corrected chi connectivity index (χ1v) is 7.47. The van der Waals surface area contributed by atoms with Crippen LogP contribution in [0.3, 0.4) is 0 Å². The number of rotatable bonds is 6. The van der Waals surface area contributed by atoms with Crippen LogP contribution in [0.15, 0.2) is 52.8 Å². The molecule has 0 saturated carbocycles. The van der Waals surface area contributed by atoms with Crippen molar-refractivity contribution in [3.63, 3.8) is 0 Å². The largest absolute Gasteiger partial charge is 0.486 e. The Morgan fingerprint density at radius 1 is 1.19 bits per heavy atom. The molecule has 0 bridgehead atoms. The number of hydrogen-bond acceptors (Lipinski definition) is 5. The van der Waals surface area contributed by atoms with E-state index in [1.54, 1.807) is 37.3 Å². The summed E-state index contributed by atoms with van der Waals surface area (Å²) in [6.07, 6.45) is 0. The quantitative estimate of drug-likeness (QED) is 0.206. The third-order valence-corrected chi connectivity index (χ3v) is 3.39. The number of anilines is 1. The van der Waals surface area contributed by atoms with Crippen molar-refractivity contribution in [2.45, 2.75) is 6.92 Å². The average molecular weight is 355 g/mol. The van der Waals surface area contributed by atoms with Crippen LogP contribution in [0.1, 0.15) is 26.3 Å². The van der Waals surface area contributed by atoms with Gasteiger partial charge in [0.05, 0.1) is 5.56 Å². The highest BCUT2D eigenvalue weighted by molar-refractivity contribution is 6.05. The molecule has 0 aliphatic heterocycles. The highest BCUT2D eigenvalue weighted by Gasteiger charge is 2.10. The van der Waals surface area contributed by atoms with Crippen molar-refractivity contribution < 1.29 is 19.4 Å². The lowest BCUT2D eigenvalue weighted by atomic mass is 10.1. The number of benzene rings is 2. The molecule has 2 rings (SSSR count). The summed E-state index contributed by atoms with van der Waals surface area (Å²) in [5, 5.41) is 25.4. The minimum atomic E-state index is -1.03. The maximum atomic E-state index is 12.3. The molecule has 1 amide bonds. The molecule has 0 aromatic heterocycles. The van der Waals surface area contributed by atoms with Crippen LogP contribution in [0.4, 0.5) is 5.69 Å². The number of carboxylic acids is 1. The molecule has 0 aliphatic carbocycles. The molecule has 0 radical (unpaired) electrons. The van der Waals surface area contributed by atoms with E-state index in [1.165, 1.54) is 12.1 Å². The number of carbonyl (C=O) groups excluding carboxylic acids is 1. The number of aryl methyl sites for hydroxylation is 1. The number of hydrogen-bond donors (Lipinski definition) is 4. The fourth-order valence-electron chi connectivity index (χ4n) is 2.08. The molecule has 2 aromatic carbocycles. The molecule has 0 atom stereocenters. The van der Waals surface area contributed by atoms with Crippen molar-refractivity contribution in [2.24, 2.45) is 16.2 Å². The molecule has 0 fully saturated rings. The van der Waals surface area contributed by atoms with Gasteiger partial charge < -0.3 is 21.0 Å². The summed E-state index contributed by atoms with van der Waals surface area (Å²) in [4.78, 5) is 23.2. The minimum absolute atomic E-state index is 0.0959. The van der Waals surface area contributed by atoms with Gasteiger partial charge in [-0.15, -0.1) is 5.11 Å². The molecule has 9 nitrogen and oxygen atoms in total. The number of amides is 1. The molecule has 5 N–H and O–H groups in total. The average Bonchev–Trinajstić information content (AvgIpc) is 2.62. The van der Waals surface area contributed by atoms with E-state index >= 15 is 0 Å². The smallest absolute Gasteiger partial charge is 0.335 e. The molecule has 0 saturated heterocycles. The third kappa shape index (κ3) is 4.87.